The molecule has 7 rings (SSSR count). The minimum atomic E-state index is -4.52. The number of fused-ring (bicyclic) bond motifs is 2. The number of aromatic nitrogens is 3. The maximum absolute atomic E-state index is 14.0. The number of alkyl halides is 3. The number of benzodiazepines with no additional fused rings is 1. The van der Waals surface area contributed by atoms with Crippen LogP contribution in [0.5, 0.6) is 0 Å². The molecule has 2 aromatic carbocycles. The highest BCUT2D eigenvalue weighted by Gasteiger charge is 2.53. The van der Waals surface area contributed by atoms with Gasteiger partial charge in [0.2, 0.25) is 6.17 Å². The molecule has 4 heterocycles. The second-order valence-electron chi connectivity index (χ2n) is 11.0. The average molecular weight is 610 g/mol. The van der Waals surface area contributed by atoms with E-state index in [0.29, 0.717) is 29.6 Å². The van der Waals surface area contributed by atoms with E-state index in [-0.39, 0.29) is 34.8 Å². The summed E-state index contributed by atoms with van der Waals surface area (Å²) in [5, 5.41) is 14.4. The fourth-order valence-electron chi connectivity index (χ4n) is 5.10. The normalized spacial score (nSPS) is 21.8. The van der Waals surface area contributed by atoms with Gasteiger partial charge in [0.25, 0.3) is 11.8 Å². The summed E-state index contributed by atoms with van der Waals surface area (Å²) in [5.74, 6) is -0.513. The molecule has 1 saturated heterocycles. The van der Waals surface area contributed by atoms with Crippen LogP contribution in [0, 0.1) is 0 Å². The molecule has 3 atom stereocenters. The lowest BCUT2D eigenvalue weighted by molar-refractivity contribution is -0.180. The molecule has 1 aliphatic carbocycles. The third-order valence-corrected chi connectivity index (χ3v) is 9.18. The van der Waals surface area contributed by atoms with Gasteiger partial charge in [-0.05, 0) is 26.3 Å². The van der Waals surface area contributed by atoms with Gasteiger partial charge >= 0.3 is 12.2 Å². The SMILES string of the molecule is CC(C)(c1nc(-c2nnc(N[C@H]3N=C(c4ccccc4)c4ccccc4NC3=O)o2)c(N2CCOC3C[C@H]32)s1)C(F)(F)F. The molecule has 10 nitrogen and oxygen atoms in total. The highest BCUT2D eigenvalue weighted by Crippen LogP contribution is 2.49. The molecule has 0 spiro atoms. The number of ether oxygens (including phenoxy) is 1. The Hall–Kier alpha value is -4.30. The Morgan fingerprint density at radius 1 is 1.07 bits per heavy atom. The zero-order valence-corrected chi connectivity index (χ0v) is 23.9. The zero-order valence-electron chi connectivity index (χ0n) is 23.1. The summed E-state index contributed by atoms with van der Waals surface area (Å²) in [7, 11) is 0. The molecule has 3 aliphatic rings. The topological polar surface area (TPSA) is 118 Å². The van der Waals surface area contributed by atoms with Gasteiger partial charge in [-0.25, -0.2) is 9.98 Å². The third kappa shape index (κ3) is 4.93. The minimum Gasteiger partial charge on any atom is -0.402 e. The van der Waals surface area contributed by atoms with Crippen molar-refractivity contribution in [3.8, 4) is 11.6 Å². The standard InChI is InChI=1S/C29H26F3N7O3S/c1-28(2,29(30,31)32)26-35-21(25(43-26)39-12-13-41-19-14-18(19)39)24-37-38-27(42-24)36-22-23(40)33-17-11-7-6-10-16(17)20(34-22)15-8-4-3-5-9-15/h3-11,18-19,22H,12-14H2,1-2H3,(H,33,40)(H,36,38)/t18-,19?,22-/m1/s1. The first-order chi connectivity index (χ1) is 20.6. The molecule has 2 aliphatic heterocycles. The molecule has 0 bridgehead atoms. The summed E-state index contributed by atoms with van der Waals surface area (Å²) >= 11 is 0.969. The van der Waals surface area contributed by atoms with Crippen LogP contribution in [0.3, 0.4) is 0 Å². The van der Waals surface area contributed by atoms with Crippen LogP contribution in [0.15, 0.2) is 64.0 Å². The van der Waals surface area contributed by atoms with Gasteiger partial charge in [0.1, 0.15) is 15.4 Å². The van der Waals surface area contributed by atoms with Crippen LogP contribution in [0.25, 0.3) is 11.6 Å². The maximum Gasteiger partial charge on any atom is 0.400 e. The van der Waals surface area contributed by atoms with E-state index in [2.05, 4.69) is 25.8 Å². The van der Waals surface area contributed by atoms with E-state index in [9.17, 15) is 18.0 Å². The number of hydrogen-bond donors (Lipinski definition) is 2. The van der Waals surface area contributed by atoms with Crippen molar-refractivity contribution in [3.05, 3.63) is 70.7 Å². The highest BCUT2D eigenvalue weighted by molar-refractivity contribution is 7.16. The Morgan fingerprint density at radius 2 is 1.84 bits per heavy atom. The number of anilines is 3. The van der Waals surface area contributed by atoms with Gasteiger partial charge in [0.05, 0.1) is 30.2 Å². The van der Waals surface area contributed by atoms with Gasteiger partial charge < -0.3 is 24.7 Å². The van der Waals surface area contributed by atoms with Crippen molar-refractivity contribution < 1.29 is 27.1 Å². The van der Waals surface area contributed by atoms with Gasteiger partial charge in [-0.3, -0.25) is 4.79 Å². The Kier molecular flexibility index (Phi) is 6.50. The molecule has 2 fully saturated rings. The third-order valence-electron chi connectivity index (χ3n) is 7.76. The Labute approximate surface area is 248 Å². The summed E-state index contributed by atoms with van der Waals surface area (Å²) in [5.41, 5.74) is 0.697. The fourth-order valence-corrected chi connectivity index (χ4v) is 6.36. The van der Waals surface area contributed by atoms with Gasteiger partial charge in [-0.15, -0.1) is 5.10 Å². The van der Waals surface area contributed by atoms with Crippen LogP contribution in [0.4, 0.5) is 29.9 Å². The Balaban J connectivity index is 1.24. The average Bonchev–Trinajstić information content (AvgIpc) is 3.47. The summed E-state index contributed by atoms with van der Waals surface area (Å²) in [4.78, 5) is 24.4. The summed E-state index contributed by atoms with van der Waals surface area (Å²) < 4.78 is 53.6. The van der Waals surface area contributed by atoms with Crippen LogP contribution >= 0.6 is 11.3 Å². The van der Waals surface area contributed by atoms with Gasteiger partial charge in [-0.2, -0.15) is 13.2 Å². The van der Waals surface area contributed by atoms with Crippen molar-refractivity contribution in [3.63, 3.8) is 0 Å². The number of aliphatic imine (C=N–C) groups is 1. The smallest absolute Gasteiger partial charge is 0.400 e. The quantitative estimate of drug-likeness (QED) is 0.305. The highest BCUT2D eigenvalue weighted by atomic mass is 32.1. The first-order valence-corrected chi connectivity index (χ1v) is 14.5. The molecular formula is C29H26F3N7O3S. The monoisotopic (exact) mass is 609 g/mol. The molecule has 1 unspecified atom stereocenters. The van der Waals surface area contributed by atoms with Gasteiger partial charge in [0, 0.05) is 17.7 Å². The van der Waals surface area contributed by atoms with Crippen molar-refractivity contribution in [2.75, 3.05) is 28.7 Å². The van der Waals surface area contributed by atoms with E-state index in [0.717, 1.165) is 42.7 Å². The van der Waals surface area contributed by atoms with E-state index >= 15 is 0 Å². The van der Waals surface area contributed by atoms with Crippen LogP contribution in [-0.4, -0.2) is 64.4 Å². The number of amides is 1. The molecule has 0 radical (unpaired) electrons. The van der Waals surface area contributed by atoms with Crippen LogP contribution in [-0.2, 0) is 14.9 Å². The van der Waals surface area contributed by atoms with E-state index < -0.39 is 23.7 Å². The predicted octanol–water partition coefficient (Wildman–Crippen LogP) is 5.24. The van der Waals surface area contributed by atoms with Crippen molar-refractivity contribution in [2.45, 2.75) is 50.2 Å². The second kappa shape index (κ2) is 10.2. The summed E-state index contributed by atoms with van der Waals surface area (Å²) in [6, 6.07) is 16.7. The lowest BCUT2D eigenvalue weighted by Gasteiger charge is -2.28. The van der Waals surface area contributed by atoms with Crippen LogP contribution < -0.4 is 15.5 Å². The van der Waals surface area contributed by atoms with Gasteiger partial charge in [0.15, 0.2) is 5.69 Å². The summed E-state index contributed by atoms with van der Waals surface area (Å²) in [6.45, 7) is 3.16. The van der Waals surface area contributed by atoms with E-state index in [1.165, 1.54) is 0 Å². The molecule has 2 aromatic heterocycles. The first-order valence-electron chi connectivity index (χ1n) is 13.7. The molecule has 2 N–H and O–H groups in total. The second-order valence-corrected chi connectivity index (χ2v) is 12.0. The molecule has 222 valence electrons. The fraction of sp³-hybridized carbons (Fsp3) is 0.345. The molecule has 43 heavy (non-hydrogen) atoms. The number of thiazole rings is 1. The first kappa shape index (κ1) is 27.5. The Bertz CT molecular complexity index is 1720. The number of morpholine rings is 1. The van der Waals surface area contributed by atoms with Crippen LogP contribution in [0.1, 0.15) is 36.4 Å². The lowest BCUT2D eigenvalue weighted by Crippen LogP contribution is -2.36. The number of benzene rings is 2. The van der Waals surface area contributed by atoms with E-state index in [1.807, 2.05) is 53.4 Å². The van der Waals surface area contributed by atoms with Crippen molar-refractivity contribution >= 4 is 39.7 Å². The molecule has 1 amide bonds. The maximum atomic E-state index is 14.0. The van der Waals surface area contributed by atoms with E-state index in [1.54, 1.807) is 6.07 Å². The molecule has 14 heteroatoms. The number of para-hydroxylation sites is 1. The number of carbonyl (C=O) groups excluding carboxylic acids is 1. The largest absolute Gasteiger partial charge is 0.402 e. The number of nitrogens with zero attached hydrogens (tertiary/aromatic N) is 5. The molecule has 4 aromatic rings. The number of hydrogen-bond acceptors (Lipinski definition) is 10. The van der Waals surface area contributed by atoms with Crippen molar-refractivity contribution in [1.82, 2.24) is 15.2 Å². The lowest BCUT2D eigenvalue weighted by atomic mass is 9.94. The Morgan fingerprint density at radius 3 is 2.63 bits per heavy atom. The molecular weight excluding hydrogens is 583 g/mol. The van der Waals surface area contributed by atoms with Gasteiger partial charge in [-0.1, -0.05) is 65.0 Å². The molecule has 1 saturated carbocycles. The van der Waals surface area contributed by atoms with Crippen molar-refractivity contribution in [1.29, 1.82) is 0 Å². The predicted molar refractivity (Wildman–Crippen MR) is 155 cm³/mol. The van der Waals surface area contributed by atoms with Crippen molar-refractivity contribution in [2.24, 2.45) is 4.99 Å². The van der Waals surface area contributed by atoms with E-state index in [4.69, 9.17) is 14.1 Å². The number of carbonyl (C=O) groups is 1. The number of rotatable bonds is 6. The zero-order chi connectivity index (χ0) is 29.9. The number of halogens is 3. The summed E-state index contributed by atoms with van der Waals surface area (Å²) in [6.07, 6.45) is -4.84. The number of nitrogens with one attached hydrogen (secondary N) is 2. The minimum absolute atomic E-state index is 0.0391. The van der Waals surface area contributed by atoms with Crippen LogP contribution in [0.2, 0.25) is 0 Å².